The third kappa shape index (κ3) is 4.22. The first-order valence-electron chi connectivity index (χ1n) is 7.11. The van der Waals surface area contributed by atoms with Gasteiger partial charge in [-0.25, -0.2) is 0 Å². The van der Waals surface area contributed by atoms with E-state index in [9.17, 15) is 0 Å². The second-order valence-electron chi connectivity index (χ2n) is 5.13. The number of hydrogen-bond acceptors (Lipinski definition) is 1. The Morgan fingerprint density at radius 2 is 1.21 bits per heavy atom. The summed E-state index contributed by atoms with van der Waals surface area (Å²) in [5.74, 6) is 0. The first-order valence-corrected chi connectivity index (χ1v) is 7.11. The van der Waals surface area contributed by atoms with Gasteiger partial charge >= 0.3 is 0 Å². The molecule has 0 aliphatic rings. The van der Waals surface area contributed by atoms with Crippen molar-refractivity contribution in [2.45, 2.75) is 39.4 Å². The lowest BCUT2D eigenvalue weighted by molar-refractivity contribution is 0.186. The Kier molecular flexibility index (Phi) is 5.17. The van der Waals surface area contributed by atoms with Crippen molar-refractivity contribution in [1.82, 2.24) is 4.90 Å². The molecule has 0 amide bonds. The summed E-state index contributed by atoms with van der Waals surface area (Å²) in [6, 6.07) is 22.1. The molecule has 100 valence electrons. The van der Waals surface area contributed by atoms with Crippen LogP contribution in [0.3, 0.4) is 0 Å². The number of hydrogen-bond donors (Lipinski definition) is 0. The summed E-state index contributed by atoms with van der Waals surface area (Å²) >= 11 is 0. The maximum absolute atomic E-state index is 2.55. The van der Waals surface area contributed by atoms with Crippen molar-refractivity contribution >= 4 is 0 Å². The summed E-state index contributed by atoms with van der Waals surface area (Å²) in [7, 11) is 0. The highest BCUT2D eigenvalue weighted by Gasteiger charge is 2.12. The van der Waals surface area contributed by atoms with Gasteiger partial charge in [0.05, 0.1) is 0 Å². The summed E-state index contributed by atoms with van der Waals surface area (Å²) in [5.41, 5.74) is 2.78. The van der Waals surface area contributed by atoms with Gasteiger partial charge in [-0.15, -0.1) is 0 Å². The van der Waals surface area contributed by atoms with Crippen molar-refractivity contribution in [2.75, 3.05) is 0 Å². The molecule has 0 heterocycles. The first-order chi connectivity index (χ1) is 9.29. The van der Waals surface area contributed by atoms with Crippen LogP contribution < -0.4 is 0 Å². The molecule has 0 N–H and O–H groups in total. The second-order valence-corrected chi connectivity index (χ2v) is 5.13. The molecule has 0 aliphatic heterocycles. The SMILES string of the molecule is CC[C@H](C)N(Cc1ccccc1)Cc1ccccc1. The van der Waals surface area contributed by atoms with E-state index in [1.165, 1.54) is 17.5 Å². The Morgan fingerprint density at radius 1 is 0.789 bits per heavy atom. The van der Waals surface area contributed by atoms with Crippen molar-refractivity contribution in [3.8, 4) is 0 Å². The second kappa shape index (κ2) is 7.10. The van der Waals surface area contributed by atoms with E-state index in [1.807, 2.05) is 0 Å². The van der Waals surface area contributed by atoms with E-state index in [1.54, 1.807) is 0 Å². The van der Waals surface area contributed by atoms with Crippen LogP contribution in [0, 0.1) is 0 Å². The largest absolute Gasteiger partial charge is 0.292 e. The van der Waals surface area contributed by atoms with Crippen molar-refractivity contribution in [2.24, 2.45) is 0 Å². The highest BCUT2D eigenvalue weighted by Crippen LogP contribution is 2.14. The van der Waals surface area contributed by atoms with E-state index < -0.39 is 0 Å². The van der Waals surface area contributed by atoms with Crippen LogP contribution in [0.5, 0.6) is 0 Å². The molecule has 0 saturated carbocycles. The van der Waals surface area contributed by atoms with E-state index in [0.717, 1.165) is 13.1 Å². The van der Waals surface area contributed by atoms with Crippen LogP contribution >= 0.6 is 0 Å². The highest BCUT2D eigenvalue weighted by molar-refractivity contribution is 5.17. The molecular formula is C18H23N. The lowest BCUT2D eigenvalue weighted by Gasteiger charge is -2.28. The molecule has 1 atom stereocenters. The van der Waals surface area contributed by atoms with Gasteiger partial charge in [-0.05, 0) is 24.5 Å². The number of nitrogens with zero attached hydrogens (tertiary/aromatic N) is 1. The molecule has 0 bridgehead atoms. The van der Waals surface area contributed by atoms with Crippen molar-refractivity contribution < 1.29 is 0 Å². The van der Waals surface area contributed by atoms with Crippen LogP contribution in [-0.4, -0.2) is 10.9 Å². The van der Waals surface area contributed by atoms with Crippen LogP contribution in [0.2, 0.25) is 0 Å². The molecule has 0 aromatic heterocycles. The molecular weight excluding hydrogens is 230 g/mol. The van der Waals surface area contributed by atoms with Crippen LogP contribution in [0.15, 0.2) is 60.7 Å². The Labute approximate surface area is 116 Å². The molecule has 0 unspecified atom stereocenters. The van der Waals surface area contributed by atoms with Gasteiger partial charge in [0.25, 0.3) is 0 Å². The van der Waals surface area contributed by atoms with Crippen LogP contribution in [0.25, 0.3) is 0 Å². The lowest BCUT2D eigenvalue weighted by atomic mass is 10.1. The van der Waals surface area contributed by atoms with E-state index in [2.05, 4.69) is 79.4 Å². The Morgan fingerprint density at radius 3 is 1.58 bits per heavy atom. The fraction of sp³-hybridized carbons (Fsp3) is 0.333. The minimum absolute atomic E-state index is 0.598. The minimum atomic E-state index is 0.598. The highest BCUT2D eigenvalue weighted by atomic mass is 15.1. The van der Waals surface area contributed by atoms with Gasteiger partial charge in [-0.3, -0.25) is 4.90 Å². The zero-order chi connectivity index (χ0) is 13.5. The van der Waals surface area contributed by atoms with Gasteiger partial charge in [0.2, 0.25) is 0 Å². The first kappa shape index (κ1) is 13.8. The van der Waals surface area contributed by atoms with Crippen LogP contribution in [0.1, 0.15) is 31.4 Å². The van der Waals surface area contributed by atoms with Crippen molar-refractivity contribution in [3.63, 3.8) is 0 Å². The number of benzene rings is 2. The van der Waals surface area contributed by atoms with Gasteiger partial charge in [-0.1, -0.05) is 67.6 Å². The predicted octanol–water partition coefficient (Wildman–Crippen LogP) is 4.49. The molecule has 0 saturated heterocycles. The molecule has 1 nitrogen and oxygen atoms in total. The van der Waals surface area contributed by atoms with Gasteiger partial charge in [0.1, 0.15) is 0 Å². The number of rotatable bonds is 6. The van der Waals surface area contributed by atoms with Gasteiger partial charge in [0.15, 0.2) is 0 Å². The zero-order valence-corrected chi connectivity index (χ0v) is 11.9. The van der Waals surface area contributed by atoms with Gasteiger partial charge in [-0.2, -0.15) is 0 Å². The molecule has 0 aliphatic carbocycles. The smallest absolute Gasteiger partial charge is 0.0240 e. The maximum atomic E-state index is 2.55. The fourth-order valence-electron chi connectivity index (χ4n) is 2.26. The molecule has 0 fully saturated rings. The molecule has 1 heteroatoms. The maximum Gasteiger partial charge on any atom is 0.0240 e. The monoisotopic (exact) mass is 253 g/mol. The quantitative estimate of drug-likeness (QED) is 0.733. The molecule has 0 spiro atoms. The summed E-state index contributed by atoms with van der Waals surface area (Å²) in [4.78, 5) is 2.55. The van der Waals surface area contributed by atoms with Gasteiger partial charge in [0, 0.05) is 19.1 Å². The summed E-state index contributed by atoms with van der Waals surface area (Å²) in [5, 5.41) is 0. The molecule has 2 aromatic carbocycles. The Balaban J connectivity index is 2.08. The third-order valence-electron chi connectivity index (χ3n) is 3.67. The summed E-state index contributed by atoms with van der Waals surface area (Å²) in [6.07, 6.45) is 1.18. The normalized spacial score (nSPS) is 12.6. The lowest BCUT2D eigenvalue weighted by Crippen LogP contribution is -2.31. The molecule has 0 radical (unpaired) electrons. The zero-order valence-electron chi connectivity index (χ0n) is 11.9. The Bertz CT molecular complexity index is 422. The van der Waals surface area contributed by atoms with Gasteiger partial charge < -0.3 is 0 Å². The van der Waals surface area contributed by atoms with E-state index in [4.69, 9.17) is 0 Å². The molecule has 2 rings (SSSR count). The predicted molar refractivity (Wildman–Crippen MR) is 81.9 cm³/mol. The van der Waals surface area contributed by atoms with Crippen molar-refractivity contribution in [1.29, 1.82) is 0 Å². The minimum Gasteiger partial charge on any atom is -0.292 e. The molecule has 19 heavy (non-hydrogen) atoms. The van der Waals surface area contributed by atoms with E-state index >= 15 is 0 Å². The average Bonchev–Trinajstić information content (AvgIpc) is 2.48. The van der Waals surface area contributed by atoms with Crippen LogP contribution in [0.4, 0.5) is 0 Å². The average molecular weight is 253 g/mol. The van der Waals surface area contributed by atoms with Crippen LogP contribution in [-0.2, 0) is 13.1 Å². The Hall–Kier alpha value is -1.60. The fourth-order valence-corrected chi connectivity index (χ4v) is 2.26. The summed E-state index contributed by atoms with van der Waals surface area (Å²) < 4.78 is 0. The standard InChI is InChI=1S/C18H23N/c1-3-16(2)19(14-17-10-6-4-7-11-17)15-18-12-8-5-9-13-18/h4-13,16H,3,14-15H2,1-2H3/t16-/m0/s1. The topological polar surface area (TPSA) is 3.24 Å². The van der Waals surface area contributed by atoms with E-state index in [0.29, 0.717) is 6.04 Å². The summed E-state index contributed by atoms with van der Waals surface area (Å²) in [6.45, 7) is 6.61. The molecule has 2 aromatic rings. The third-order valence-corrected chi connectivity index (χ3v) is 3.67. The van der Waals surface area contributed by atoms with Crippen molar-refractivity contribution in [3.05, 3.63) is 71.8 Å². The van der Waals surface area contributed by atoms with E-state index in [-0.39, 0.29) is 0 Å².